The maximum Gasteiger partial charge on any atom is 0.146 e. The molecule has 0 amide bonds. The Labute approximate surface area is 82.2 Å². The van der Waals surface area contributed by atoms with Crippen molar-refractivity contribution in [3.63, 3.8) is 0 Å². The Kier molecular flexibility index (Phi) is 2.50. The second kappa shape index (κ2) is 3.79. The fraction of sp³-hybridized carbons (Fsp3) is 0.300. The molecule has 13 heavy (non-hydrogen) atoms. The van der Waals surface area contributed by atoms with Gasteiger partial charge in [-0.15, -0.1) is 11.6 Å². The molecule has 3 heteroatoms. The highest BCUT2D eigenvalue weighted by molar-refractivity contribution is 6.18. The van der Waals surface area contributed by atoms with Crippen LogP contribution in [0.4, 0.5) is 0 Å². The number of halogens is 1. The van der Waals surface area contributed by atoms with E-state index in [1.54, 1.807) is 0 Å². The van der Waals surface area contributed by atoms with Gasteiger partial charge in [-0.05, 0) is 5.56 Å². The Morgan fingerprint density at radius 1 is 1.38 bits per heavy atom. The lowest BCUT2D eigenvalue weighted by atomic mass is 10.1. The summed E-state index contributed by atoms with van der Waals surface area (Å²) in [4.78, 5) is 5.13. The van der Waals surface area contributed by atoms with E-state index in [-0.39, 0.29) is 6.10 Å². The number of oxime groups is 1. The molecule has 0 radical (unpaired) electrons. The van der Waals surface area contributed by atoms with Crippen molar-refractivity contribution >= 4 is 17.3 Å². The van der Waals surface area contributed by atoms with E-state index in [9.17, 15) is 0 Å². The molecule has 1 aliphatic heterocycles. The summed E-state index contributed by atoms with van der Waals surface area (Å²) in [7, 11) is 0. The van der Waals surface area contributed by atoms with Gasteiger partial charge in [0.1, 0.15) is 6.10 Å². The minimum absolute atomic E-state index is 0.0527. The van der Waals surface area contributed by atoms with Gasteiger partial charge in [0.05, 0.1) is 11.6 Å². The third-order valence-electron chi connectivity index (χ3n) is 2.01. The van der Waals surface area contributed by atoms with E-state index in [4.69, 9.17) is 16.4 Å². The topological polar surface area (TPSA) is 21.6 Å². The quantitative estimate of drug-likeness (QED) is 0.665. The van der Waals surface area contributed by atoms with Gasteiger partial charge >= 0.3 is 0 Å². The van der Waals surface area contributed by atoms with Crippen LogP contribution in [0.25, 0.3) is 0 Å². The van der Waals surface area contributed by atoms with Crippen molar-refractivity contribution in [3.05, 3.63) is 35.9 Å². The van der Waals surface area contributed by atoms with Crippen molar-refractivity contribution < 1.29 is 4.84 Å². The predicted octanol–water partition coefficient (Wildman–Crippen LogP) is 2.42. The van der Waals surface area contributed by atoms with E-state index in [1.807, 2.05) is 30.3 Å². The van der Waals surface area contributed by atoms with Crippen LogP contribution in [0.15, 0.2) is 35.5 Å². The van der Waals surface area contributed by atoms with Crippen LogP contribution >= 0.6 is 11.6 Å². The van der Waals surface area contributed by atoms with E-state index >= 15 is 0 Å². The van der Waals surface area contributed by atoms with Crippen LogP contribution in [-0.4, -0.2) is 17.7 Å². The summed E-state index contributed by atoms with van der Waals surface area (Å²) in [5.74, 6) is 0.500. The van der Waals surface area contributed by atoms with E-state index in [1.165, 1.54) is 0 Å². The Morgan fingerprint density at radius 3 is 2.77 bits per heavy atom. The van der Waals surface area contributed by atoms with Gasteiger partial charge < -0.3 is 4.84 Å². The van der Waals surface area contributed by atoms with Crippen molar-refractivity contribution in [2.75, 3.05) is 5.88 Å². The van der Waals surface area contributed by atoms with Gasteiger partial charge in [0.15, 0.2) is 0 Å². The first-order valence-corrected chi connectivity index (χ1v) is 4.77. The summed E-state index contributed by atoms with van der Waals surface area (Å²) in [6.07, 6.45) is 0.866. The molecule has 0 aliphatic carbocycles. The first-order chi connectivity index (χ1) is 6.40. The van der Waals surface area contributed by atoms with E-state index in [0.717, 1.165) is 17.7 Å². The number of alkyl halides is 1. The lowest BCUT2D eigenvalue weighted by Gasteiger charge is -2.00. The van der Waals surface area contributed by atoms with Crippen molar-refractivity contribution in [2.45, 2.75) is 12.5 Å². The highest BCUT2D eigenvalue weighted by Gasteiger charge is 2.20. The number of benzene rings is 1. The molecule has 1 heterocycles. The molecule has 0 unspecified atom stereocenters. The average Bonchev–Trinajstić information content (AvgIpc) is 2.67. The molecule has 1 aromatic rings. The molecule has 0 saturated heterocycles. The van der Waals surface area contributed by atoms with Gasteiger partial charge in [0.2, 0.25) is 0 Å². The maximum absolute atomic E-state index is 5.66. The standard InChI is InChI=1S/C10H10ClNO/c11-7-9-6-10(12-13-9)8-4-2-1-3-5-8/h1-5,9H,6-7H2/t9-/m0/s1. The van der Waals surface area contributed by atoms with Gasteiger partial charge in [-0.25, -0.2) is 0 Å². The predicted molar refractivity (Wildman–Crippen MR) is 53.2 cm³/mol. The molecular weight excluding hydrogens is 186 g/mol. The molecule has 1 atom stereocenters. The van der Waals surface area contributed by atoms with Crippen LogP contribution in [0, 0.1) is 0 Å². The third-order valence-corrected chi connectivity index (χ3v) is 2.36. The van der Waals surface area contributed by atoms with Crippen LogP contribution in [0.3, 0.4) is 0 Å². The normalized spacial score (nSPS) is 21.0. The Balaban J connectivity index is 2.12. The second-order valence-corrected chi connectivity index (χ2v) is 3.30. The Morgan fingerprint density at radius 2 is 2.15 bits per heavy atom. The van der Waals surface area contributed by atoms with Crippen LogP contribution in [-0.2, 0) is 4.84 Å². The molecule has 0 aromatic heterocycles. The van der Waals surface area contributed by atoms with Crippen LogP contribution in [0.1, 0.15) is 12.0 Å². The Hall–Kier alpha value is -1.02. The van der Waals surface area contributed by atoms with Crippen LogP contribution < -0.4 is 0 Å². The summed E-state index contributed by atoms with van der Waals surface area (Å²) >= 11 is 5.66. The monoisotopic (exact) mass is 195 g/mol. The molecule has 0 spiro atoms. The van der Waals surface area contributed by atoms with Crippen LogP contribution in [0.2, 0.25) is 0 Å². The smallest absolute Gasteiger partial charge is 0.146 e. The number of nitrogens with zero attached hydrogens (tertiary/aromatic N) is 1. The minimum atomic E-state index is 0.0527. The maximum atomic E-state index is 5.66. The highest BCUT2D eigenvalue weighted by atomic mass is 35.5. The summed E-state index contributed by atoms with van der Waals surface area (Å²) in [5, 5.41) is 3.99. The van der Waals surface area contributed by atoms with E-state index in [0.29, 0.717) is 5.88 Å². The van der Waals surface area contributed by atoms with Gasteiger partial charge in [-0.2, -0.15) is 0 Å². The molecular formula is C10H10ClNO. The fourth-order valence-electron chi connectivity index (χ4n) is 1.31. The molecule has 2 rings (SSSR count). The number of hydrogen-bond donors (Lipinski definition) is 0. The molecule has 0 fully saturated rings. The number of hydrogen-bond acceptors (Lipinski definition) is 2. The van der Waals surface area contributed by atoms with E-state index in [2.05, 4.69) is 5.16 Å². The molecule has 68 valence electrons. The minimum Gasteiger partial charge on any atom is -0.391 e. The molecule has 1 aliphatic rings. The second-order valence-electron chi connectivity index (χ2n) is 2.99. The van der Waals surface area contributed by atoms with Crippen molar-refractivity contribution in [1.82, 2.24) is 0 Å². The summed E-state index contributed by atoms with van der Waals surface area (Å²) in [6.45, 7) is 0. The average molecular weight is 196 g/mol. The first-order valence-electron chi connectivity index (χ1n) is 4.24. The number of rotatable bonds is 2. The van der Waals surface area contributed by atoms with Gasteiger partial charge in [-0.3, -0.25) is 0 Å². The molecule has 0 saturated carbocycles. The lowest BCUT2D eigenvalue weighted by molar-refractivity contribution is 0.102. The summed E-state index contributed by atoms with van der Waals surface area (Å²) < 4.78 is 0. The zero-order valence-electron chi connectivity index (χ0n) is 7.11. The van der Waals surface area contributed by atoms with Gasteiger partial charge in [0, 0.05) is 6.42 Å². The molecule has 0 bridgehead atoms. The highest BCUT2D eigenvalue weighted by Crippen LogP contribution is 2.16. The van der Waals surface area contributed by atoms with Gasteiger partial charge in [0.25, 0.3) is 0 Å². The van der Waals surface area contributed by atoms with Crippen molar-refractivity contribution in [1.29, 1.82) is 0 Å². The Bertz CT molecular complexity index is 310. The van der Waals surface area contributed by atoms with Gasteiger partial charge in [-0.1, -0.05) is 35.5 Å². The SMILES string of the molecule is ClC[C@@H]1CC(c2ccccc2)=NO1. The molecule has 0 N–H and O–H groups in total. The zero-order valence-corrected chi connectivity index (χ0v) is 7.87. The summed E-state index contributed by atoms with van der Waals surface area (Å²) in [6, 6.07) is 10.0. The largest absolute Gasteiger partial charge is 0.391 e. The fourth-order valence-corrected chi connectivity index (χ4v) is 1.48. The zero-order chi connectivity index (χ0) is 9.10. The van der Waals surface area contributed by atoms with Crippen molar-refractivity contribution in [3.8, 4) is 0 Å². The van der Waals surface area contributed by atoms with E-state index < -0.39 is 0 Å². The molecule has 2 nitrogen and oxygen atoms in total. The lowest BCUT2D eigenvalue weighted by Crippen LogP contribution is -2.09. The van der Waals surface area contributed by atoms with Crippen LogP contribution in [0.5, 0.6) is 0 Å². The summed E-state index contributed by atoms with van der Waals surface area (Å²) in [5.41, 5.74) is 2.11. The molecule has 1 aromatic carbocycles. The first kappa shape index (κ1) is 8.57. The van der Waals surface area contributed by atoms with Crippen molar-refractivity contribution in [2.24, 2.45) is 5.16 Å². The third kappa shape index (κ3) is 1.83.